The molecule has 6 rings (SSSR count). The Balaban J connectivity index is 0.00000205. The molecule has 0 radical (unpaired) electrons. The zero-order valence-electron chi connectivity index (χ0n) is 29.0. The van der Waals surface area contributed by atoms with Crippen molar-refractivity contribution in [1.29, 1.82) is 0 Å². The van der Waals surface area contributed by atoms with Crippen molar-refractivity contribution in [2.24, 2.45) is 0 Å². The molecule has 2 aliphatic heterocycles. The van der Waals surface area contributed by atoms with Crippen LogP contribution in [0.15, 0.2) is 66.7 Å². The first-order chi connectivity index (χ1) is 22.7. The van der Waals surface area contributed by atoms with E-state index in [1.165, 1.54) is 52.0 Å². The molecule has 8 N–H and O–H groups in total. The summed E-state index contributed by atoms with van der Waals surface area (Å²) in [6, 6.07) is 23.5. The fourth-order valence-electron chi connectivity index (χ4n) is 6.13. The summed E-state index contributed by atoms with van der Waals surface area (Å²) in [5.41, 5.74) is 3.73. The van der Waals surface area contributed by atoms with Gasteiger partial charge < -0.3 is 41.0 Å². The van der Waals surface area contributed by atoms with E-state index in [0.717, 1.165) is 61.6 Å². The van der Waals surface area contributed by atoms with E-state index in [1.807, 2.05) is 28.4 Å². The van der Waals surface area contributed by atoms with Crippen molar-refractivity contribution in [2.75, 3.05) is 52.5 Å². The van der Waals surface area contributed by atoms with E-state index in [4.69, 9.17) is 14.2 Å². The first-order valence-electron chi connectivity index (χ1n) is 16.6. The van der Waals surface area contributed by atoms with Crippen LogP contribution in [0, 0.1) is 12.8 Å². The van der Waals surface area contributed by atoms with Crippen LogP contribution < -0.4 is 14.2 Å². The van der Waals surface area contributed by atoms with Gasteiger partial charge in [0.1, 0.15) is 19.0 Å². The Morgan fingerprint density at radius 2 is 1.46 bits per heavy atom. The molecular formula is C39H54N2O8S. The predicted molar refractivity (Wildman–Crippen MR) is 204 cm³/mol. The monoisotopic (exact) mass is 710 g/mol. The molecule has 274 valence electrons. The second-order valence-electron chi connectivity index (χ2n) is 11.8. The maximum Gasteiger partial charge on any atom is 0.222 e. The van der Waals surface area contributed by atoms with E-state index in [2.05, 4.69) is 79.3 Å². The minimum atomic E-state index is 0. The number of likely N-dealkylation sites (tertiary alicyclic amines) is 2. The van der Waals surface area contributed by atoms with Gasteiger partial charge >= 0.3 is 0 Å². The molecule has 4 aromatic rings. The molecular weight excluding hydrogens is 657 g/mol. The molecule has 11 heteroatoms. The summed E-state index contributed by atoms with van der Waals surface area (Å²) in [7, 11) is 0. The average Bonchev–Trinajstić information content (AvgIpc) is 3.85. The van der Waals surface area contributed by atoms with Gasteiger partial charge in [0.05, 0.1) is 13.2 Å². The number of terminal acetylenes is 1. The molecule has 1 amide bonds. The number of carbonyl (C=O) groups excluding carboxylic acids is 1. The summed E-state index contributed by atoms with van der Waals surface area (Å²) >= 11 is 1.84. The number of carbonyl (C=O) groups is 1. The Morgan fingerprint density at radius 3 is 2.16 bits per heavy atom. The Labute approximate surface area is 300 Å². The van der Waals surface area contributed by atoms with Gasteiger partial charge in [0, 0.05) is 29.1 Å². The molecule has 2 aliphatic rings. The molecule has 0 spiro atoms. The van der Waals surface area contributed by atoms with Gasteiger partial charge in [-0.3, -0.25) is 9.69 Å². The third kappa shape index (κ3) is 11.5. The van der Waals surface area contributed by atoms with Gasteiger partial charge in [0.25, 0.3) is 0 Å². The third-order valence-corrected chi connectivity index (χ3v) is 9.89. The van der Waals surface area contributed by atoms with Crippen molar-refractivity contribution in [3.8, 4) is 40.5 Å². The SMILES string of the molecule is C#C.CCCCOc1cc(-c2sc3ccccc3c2Cc2ccc(OCCN3CCCC3=O)cc2)ccc1OCCN1CCCC1.O.O.O.O. The summed E-state index contributed by atoms with van der Waals surface area (Å²) in [4.78, 5) is 17.5. The maximum atomic E-state index is 11.9. The van der Waals surface area contributed by atoms with Crippen molar-refractivity contribution in [2.45, 2.75) is 51.9 Å². The largest absolute Gasteiger partial charge is 0.492 e. The quantitative estimate of drug-likeness (QED) is 0.127. The zero-order chi connectivity index (χ0) is 32.1. The van der Waals surface area contributed by atoms with E-state index in [0.29, 0.717) is 32.8 Å². The topological polar surface area (TPSA) is 177 Å². The van der Waals surface area contributed by atoms with Crippen LogP contribution in [0.4, 0.5) is 0 Å². The molecule has 0 aliphatic carbocycles. The molecule has 10 nitrogen and oxygen atoms in total. The lowest BCUT2D eigenvalue weighted by Gasteiger charge is -2.17. The normalized spacial score (nSPS) is 13.6. The number of hydrogen-bond donors (Lipinski definition) is 0. The lowest BCUT2D eigenvalue weighted by atomic mass is 9.98. The fourth-order valence-corrected chi connectivity index (χ4v) is 7.35. The number of hydrogen-bond acceptors (Lipinski definition) is 6. The van der Waals surface area contributed by atoms with Gasteiger partial charge in [-0.25, -0.2) is 0 Å². The van der Waals surface area contributed by atoms with Gasteiger partial charge in [-0.1, -0.05) is 43.7 Å². The van der Waals surface area contributed by atoms with Gasteiger partial charge in [-0.05, 0) is 104 Å². The number of ether oxygens (including phenoxy) is 3. The number of benzene rings is 3. The number of rotatable bonds is 15. The molecule has 2 saturated heterocycles. The Hall–Kier alpha value is -4.15. The van der Waals surface area contributed by atoms with Crippen LogP contribution in [0.3, 0.4) is 0 Å². The Morgan fingerprint density at radius 1 is 0.760 bits per heavy atom. The van der Waals surface area contributed by atoms with Gasteiger partial charge in [-0.2, -0.15) is 0 Å². The first kappa shape index (κ1) is 43.9. The van der Waals surface area contributed by atoms with Crippen molar-refractivity contribution in [3.05, 3.63) is 77.9 Å². The molecule has 3 heterocycles. The molecule has 0 unspecified atom stereocenters. The van der Waals surface area contributed by atoms with Crippen LogP contribution in [0.2, 0.25) is 0 Å². The summed E-state index contributed by atoms with van der Waals surface area (Å²) < 4.78 is 19.8. The highest BCUT2D eigenvalue weighted by atomic mass is 32.1. The predicted octanol–water partition coefficient (Wildman–Crippen LogP) is 4.76. The number of thiophene rings is 1. The summed E-state index contributed by atoms with van der Waals surface area (Å²) in [5.74, 6) is 2.74. The molecule has 3 aromatic carbocycles. The lowest BCUT2D eigenvalue weighted by molar-refractivity contribution is -0.128. The minimum Gasteiger partial charge on any atom is -0.492 e. The summed E-state index contributed by atoms with van der Waals surface area (Å²) in [5, 5.41) is 1.29. The Bertz CT molecular complexity index is 1580. The van der Waals surface area contributed by atoms with E-state index in [9.17, 15) is 4.79 Å². The summed E-state index contributed by atoms with van der Waals surface area (Å²) in [6.45, 7) is 8.87. The molecule has 2 fully saturated rings. The van der Waals surface area contributed by atoms with Crippen LogP contribution in [0.25, 0.3) is 20.5 Å². The lowest BCUT2D eigenvalue weighted by Crippen LogP contribution is -2.29. The highest BCUT2D eigenvalue weighted by Gasteiger charge is 2.20. The summed E-state index contributed by atoms with van der Waals surface area (Å²) in [6.07, 6.45) is 15.1. The smallest absolute Gasteiger partial charge is 0.222 e. The molecule has 50 heavy (non-hydrogen) atoms. The van der Waals surface area contributed by atoms with E-state index in [1.54, 1.807) is 0 Å². The number of amides is 1. The van der Waals surface area contributed by atoms with Gasteiger partial charge in [0.15, 0.2) is 11.5 Å². The van der Waals surface area contributed by atoms with Crippen LogP contribution >= 0.6 is 11.3 Å². The van der Waals surface area contributed by atoms with Crippen LogP contribution in [-0.2, 0) is 11.2 Å². The van der Waals surface area contributed by atoms with Gasteiger partial charge in [0.2, 0.25) is 5.91 Å². The minimum absolute atomic E-state index is 0. The molecule has 0 bridgehead atoms. The number of unbranched alkanes of at least 4 members (excludes halogenated alkanes) is 1. The molecule has 0 atom stereocenters. The third-order valence-electron chi connectivity index (χ3n) is 8.63. The second kappa shape index (κ2) is 22.5. The van der Waals surface area contributed by atoms with Crippen molar-refractivity contribution in [3.63, 3.8) is 0 Å². The first-order valence-corrected chi connectivity index (χ1v) is 17.4. The standard InChI is InChI=1S/C37H44N2O4S.C2H2.4H2O/c1-2-3-23-42-34-27-29(14-17-33(34)43-24-21-38-18-6-7-19-38)37-32(31-9-4-5-10-35(31)44-37)26-28-12-15-30(16-13-28)41-25-22-39-20-8-11-36(39)40;1-2;;;;/h4-5,9-10,12-17,27H,2-3,6-8,11,18-26H2,1H3;1-2H;4*1H2. The van der Waals surface area contributed by atoms with Crippen LogP contribution in [0.1, 0.15) is 56.6 Å². The molecule has 0 saturated carbocycles. The van der Waals surface area contributed by atoms with Crippen molar-refractivity contribution < 1.29 is 40.9 Å². The second-order valence-corrected chi connectivity index (χ2v) is 12.9. The van der Waals surface area contributed by atoms with E-state index < -0.39 is 0 Å². The van der Waals surface area contributed by atoms with Crippen LogP contribution in [0.5, 0.6) is 17.2 Å². The Kier molecular flexibility index (Phi) is 19.8. The fraction of sp³-hybridized carbons (Fsp3) is 0.410. The maximum absolute atomic E-state index is 11.9. The van der Waals surface area contributed by atoms with Crippen molar-refractivity contribution in [1.82, 2.24) is 9.80 Å². The highest BCUT2D eigenvalue weighted by Crippen LogP contribution is 2.42. The van der Waals surface area contributed by atoms with Crippen LogP contribution in [-0.4, -0.2) is 90.2 Å². The average molecular weight is 711 g/mol. The van der Waals surface area contributed by atoms with Gasteiger partial charge in [-0.15, -0.1) is 24.2 Å². The highest BCUT2D eigenvalue weighted by molar-refractivity contribution is 7.22. The number of nitrogens with zero attached hydrogens (tertiary/aromatic N) is 2. The number of fused-ring (bicyclic) bond motifs is 1. The van der Waals surface area contributed by atoms with Crippen molar-refractivity contribution >= 4 is 27.3 Å². The van der Waals surface area contributed by atoms with E-state index in [-0.39, 0.29) is 27.8 Å². The van der Waals surface area contributed by atoms with E-state index >= 15 is 0 Å². The molecule has 1 aromatic heterocycles. The zero-order valence-corrected chi connectivity index (χ0v) is 29.9.